The van der Waals surface area contributed by atoms with Crippen molar-refractivity contribution >= 4 is 40.3 Å². The molecule has 1 saturated heterocycles. The molecule has 0 amide bonds. The van der Waals surface area contributed by atoms with Crippen molar-refractivity contribution in [2.75, 3.05) is 44.7 Å². The molecule has 1 aromatic heterocycles. The van der Waals surface area contributed by atoms with Crippen LogP contribution in [0.3, 0.4) is 0 Å². The van der Waals surface area contributed by atoms with Gasteiger partial charge in [0, 0.05) is 68.8 Å². The lowest BCUT2D eigenvalue weighted by atomic mass is 10.2. The molecule has 0 N–H and O–H groups in total. The molecule has 0 spiro atoms. The monoisotopic (exact) mass is 543 g/mol. The van der Waals surface area contributed by atoms with Gasteiger partial charge in [0.1, 0.15) is 24.4 Å². The zero-order valence-corrected chi connectivity index (χ0v) is 19.6. The molecular formula is C21H24ClFIN5O. The van der Waals surface area contributed by atoms with E-state index in [1.54, 1.807) is 18.2 Å². The van der Waals surface area contributed by atoms with E-state index in [0.29, 0.717) is 22.6 Å². The first kappa shape index (κ1) is 21.5. The summed E-state index contributed by atoms with van der Waals surface area (Å²) in [5.74, 6) is 1.00. The van der Waals surface area contributed by atoms with Gasteiger partial charge >= 0.3 is 0 Å². The summed E-state index contributed by atoms with van der Waals surface area (Å²) in [5, 5.41) is 0.373. The fourth-order valence-electron chi connectivity index (χ4n) is 3.59. The van der Waals surface area contributed by atoms with Gasteiger partial charge < -0.3 is 14.5 Å². The predicted octanol–water partition coefficient (Wildman–Crippen LogP) is 3.97. The Balaban J connectivity index is 1.31. The number of pyridine rings is 1. The van der Waals surface area contributed by atoms with Gasteiger partial charge in [0.05, 0.1) is 22.9 Å². The Hall–Kier alpha value is -1.78. The summed E-state index contributed by atoms with van der Waals surface area (Å²) in [6.45, 7) is 4.91. The van der Waals surface area contributed by atoms with Crippen LogP contribution >= 0.6 is 34.5 Å². The summed E-state index contributed by atoms with van der Waals surface area (Å²) in [6.07, 6.45) is 4.59. The van der Waals surface area contributed by atoms with Crippen molar-refractivity contribution < 1.29 is 9.13 Å². The first-order valence-electron chi connectivity index (χ1n) is 9.85. The summed E-state index contributed by atoms with van der Waals surface area (Å²) >= 11 is 8.15. The Labute approximate surface area is 195 Å². The Morgan fingerprint density at radius 1 is 1.17 bits per heavy atom. The van der Waals surface area contributed by atoms with Crippen molar-refractivity contribution in [1.82, 2.24) is 17.9 Å². The SMILES string of the molecule is CN1C=CN(I)C1CN1CCN(c2cccc(OCc3ccc(Cl)cc3F)n2)CC1. The third-order valence-electron chi connectivity index (χ3n) is 5.42. The van der Waals surface area contributed by atoms with Crippen molar-refractivity contribution in [3.8, 4) is 5.88 Å². The number of piperazine rings is 1. The maximum Gasteiger partial charge on any atom is 0.215 e. The van der Waals surface area contributed by atoms with Gasteiger partial charge in [0.2, 0.25) is 5.88 Å². The van der Waals surface area contributed by atoms with Crippen LogP contribution in [-0.4, -0.2) is 63.8 Å². The molecule has 3 heterocycles. The van der Waals surface area contributed by atoms with Crippen LogP contribution in [0.5, 0.6) is 5.88 Å². The lowest BCUT2D eigenvalue weighted by Gasteiger charge is -2.38. The van der Waals surface area contributed by atoms with Gasteiger partial charge in [-0.2, -0.15) is 4.98 Å². The van der Waals surface area contributed by atoms with Crippen molar-refractivity contribution in [2.24, 2.45) is 0 Å². The highest BCUT2D eigenvalue weighted by atomic mass is 127. The largest absolute Gasteiger partial charge is 0.473 e. The lowest BCUT2D eigenvalue weighted by Crippen LogP contribution is -2.51. The van der Waals surface area contributed by atoms with Crippen LogP contribution in [0.25, 0.3) is 0 Å². The molecule has 1 atom stereocenters. The van der Waals surface area contributed by atoms with E-state index >= 15 is 0 Å². The fraction of sp³-hybridized carbons (Fsp3) is 0.381. The van der Waals surface area contributed by atoms with Crippen LogP contribution in [0.4, 0.5) is 10.2 Å². The average Bonchev–Trinajstić information content (AvgIpc) is 3.06. The number of rotatable bonds is 6. The van der Waals surface area contributed by atoms with E-state index in [1.165, 1.54) is 6.07 Å². The van der Waals surface area contributed by atoms with Gasteiger partial charge in [-0.25, -0.2) is 4.39 Å². The van der Waals surface area contributed by atoms with Gasteiger partial charge in [-0.05, 0) is 18.2 Å². The fourth-order valence-corrected chi connectivity index (χ4v) is 4.46. The molecule has 1 unspecified atom stereocenters. The number of ether oxygens (including phenoxy) is 1. The number of aromatic nitrogens is 1. The minimum Gasteiger partial charge on any atom is -0.473 e. The van der Waals surface area contributed by atoms with Crippen LogP contribution in [0.15, 0.2) is 48.8 Å². The summed E-state index contributed by atoms with van der Waals surface area (Å²) < 4.78 is 21.9. The quantitative estimate of drug-likeness (QED) is 0.405. The molecule has 9 heteroatoms. The second-order valence-corrected chi connectivity index (χ2v) is 8.99. The molecule has 0 radical (unpaired) electrons. The summed E-state index contributed by atoms with van der Waals surface area (Å²) in [4.78, 5) is 11.6. The molecule has 4 rings (SSSR count). The van der Waals surface area contributed by atoms with E-state index in [4.69, 9.17) is 16.3 Å². The minimum absolute atomic E-state index is 0.114. The first-order chi connectivity index (χ1) is 14.5. The normalized spacial score (nSPS) is 19.6. The van der Waals surface area contributed by atoms with Crippen LogP contribution in [0.2, 0.25) is 5.02 Å². The molecule has 160 valence electrons. The third kappa shape index (κ3) is 5.09. The predicted molar refractivity (Wildman–Crippen MR) is 125 cm³/mol. The van der Waals surface area contributed by atoms with Crippen LogP contribution in [0, 0.1) is 5.82 Å². The molecule has 2 aliphatic rings. The summed E-state index contributed by atoms with van der Waals surface area (Å²) in [5.41, 5.74) is 0.455. The number of hydrogen-bond donors (Lipinski definition) is 0. The van der Waals surface area contributed by atoms with Crippen molar-refractivity contribution in [3.05, 3.63) is 65.2 Å². The third-order valence-corrected chi connectivity index (χ3v) is 6.62. The van der Waals surface area contributed by atoms with E-state index in [2.05, 4.69) is 65.1 Å². The first-order valence-corrected chi connectivity index (χ1v) is 11.2. The average molecular weight is 544 g/mol. The molecule has 2 aliphatic heterocycles. The van der Waals surface area contributed by atoms with Gasteiger partial charge in [-0.1, -0.05) is 23.7 Å². The maximum absolute atomic E-state index is 13.9. The van der Waals surface area contributed by atoms with E-state index in [9.17, 15) is 4.39 Å². The minimum atomic E-state index is -0.372. The molecule has 0 bridgehead atoms. The number of nitrogens with zero attached hydrogens (tertiary/aromatic N) is 5. The number of likely N-dealkylation sites (N-methyl/N-ethyl adjacent to an activating group) is 1. The van der Waals surface area contributed by atoms with Crippen LogP contribution in [-0.2, 0) is 6.61 Å². The lowest BCUT2D eigenvalue weighted by molar-refractivity contribution is 0.161. The second-order valence-electron chi connectivity index (χ2n) is 7.43. The smallest absolute Gasteiger partial charge is 0.215 e. The number of benzene rings is 1. The van der Waals surface area contributed by atoms with Crippen molar-refractivity contribution in [2.45, 2.75) is 12.8 Å². The number of anilines is 1. The van der Waals surface area contributed by atoms with E-state index < -0.39 is 0 Å². The van der Waals surface area contributed by atoms with Crippen LogP contribution < -0.4 is 9.64 Å². The second kappa shape index (κ2) is 9.57. The highest BCUT2D eigenvalue weighted by Crippen LogP contribution is 2.22. The van der Waals surface area contributed by atoms with Gasteiger partial charge in [0.15, 0.2) is 0 Å². The molecule has 0 aliphatic carbocycles. The van der Waals surface area contributed by atoms with Crippen molar-refractivity contribution in [1.29, 1.82) is 0 Å². The molecule has 2 aromatic rings. The van der Waals surface area contributed by atoms with Crippen molar-refractivity contribution in [3.63, 3.8) is 0 Å². The summed E-state index contributed by atoms with van der Waals surface area (Å²) in [7, 11) is 2.11. The van der Waals surface area contributed by atoms with Crippen LogP contribution in [0.1, 0.15) is 5.56 Å². The molecule has 30 heavy (non-hydrogen) atoms. The zero-order valence-electron chi connectivity index (χ0n) is 16.7. The number of halogens is 3. The number of hydrogen-bond acceptors (Lipinski definition) is 6. The van der Waals surface area contributed by atoms with E-state index in [0.717, 1.165) is 38.5 Å². The highest BCUT2D eigenvalue weighted by Gasteiger charge is 2.27. The standard InChI is InChI=1S/C21H24ClFIN5O/c1-26-7-12-29(24)21(26)14-27-8-10-28(11-9-27)19-3-2-4-20(25-19)30-15-16-5-6-17(22)13-18(16)23/h2-7,12-13,21H,8-11,14-15H2,1H3. The Bertz CT molecular complexity index is 897. The molecule has 0 saturated carbocycles. The molecule has 1 aromatic carbocycles. The zero-order chi connectivity index (χ0) is 21.1. The highest BCUT2D eigenvalue weighted by molar-refractivity contribution is 14.1. The van der Waals surface area contributed by atoms with E-state index in [-0.39, 0.29) is 12.4 Å². The van der Waals surface area contributed by atoms with E-state index in [1.807, 2.05) is 12.1 Å². The maximum atomic E-state index is 13.9. The Kier molecular flexibility index (Phi) is 6.84. The molecule has 6 nitrogen and oxygen atoms in total. The Morgan fingerprint density at radius 3 is 2.67 bits per heavy atom. The summed E-state index contributed by atoms with van der Waals surface area (Å²) in [6, 6.07) is 10.3. The van der Waals surface area contributed by atoms with Gasteiger partial charge in [-0.3, -0.25) is 8.01 Å². The van der Waals surface area contributed by atoms with Gasteiger partial charge in [-0.15, -0.1) is 0 Å². The Morgan fingerprint density at radius 2 is 1.97 bits per heavy atom. The molecule has 1 fully saturated rings. The van der Waals surface area contributed by atoms with Gasteiger partial charge in [0.25, 0.3) is 0 Å². The topological polar surface area (TPSA) is 35.1 Å². The molecular weight excluding hydrogens is 520 g/mol.